The van der Waals surface area contributed by atoms with Crippen molar-refractivity contribution in [2.45, 2.75) is 18.9 Å². The molecule has 1 aromatic carbocycles. The van der Waals surface area contributed by atoms with E-state index in [1.807, 2.05) is 6.07 Å². The molecular formula is C13H16BrClN2. The van der Waals surface area contributed by atoms with Crippen LogP contribution in [0, 0.1) is 0 Å². The standard InChI is InChI=1S/C13H16BrClN2/c14-12-8-10(3-4-13(12)15)17-7-6-16-5-1-2-11(16)9-17/h3-4,8,11H,1-2,5-7,9H2. The number of halogens is 2. The third-order valence-corrected chi connectivity index (χ3v) is 5.07. The summed E-state index contributed by atoms with van der Waals surface area (Å²) in [6.45, 7) is 4.78. The highest BCUT2D eigenvalue weighted by Gasteiger charge is 2.30. The fraction of sp³-hybridized carbons (Fsp3) is 0.538. The Morgan fingerprint density at radius 3 is 2.94 bits per heavy atom. The van der Waals surface area contributed by atoms with E-state index < -0.39 is 0 Å². The van der Waals surface area contributed by atoms with E-state index >= 15 is 0 Å². The minimum absolute atomic E-state index is 0.762. The zero-order valence-electron chi connectivity index (χ0n) is 9.70. The lowest BCUT2D eigenvalue weighted by Gasteiger charge is -2.38. The first kappa shape index (κ1) is 11.8. The van der Waals surface area contributed by atoms with Crippen molar-refractivity contribution in [3.8, 4) is 0 Å². The molecule has 4 heteroatoms. The van der Waals surface area contributed by atoms with Gasteiger partial charge in [0.05, 0.1) is 5.02 Å². The molecule has 0 saturated carbocycles. The van der Waals surface area contributed by atoms with E-state index in [2.05, 4.69) is 37.9 Å². The molecule has 0 N–H and O–H groups in total. The van der Waals surface area contributed by atoms with Gasteiger partial charge < -0.3 is 4.90 Å². The third kappa shape index (κ3) is 2.33. The highest BCUT2D eigenvalue weighted by molar-refractivity contribution is 9.10. The van der Waals surface area contributed by atoms with Crippen LogP contribution >= 0.6 is 27.5 Å². The highest BCUT2D eigenvalue weighted by Crippen LogP contribution is 2.30. The molecule has 2 aliphatic rings. The monoisotopic (exact) mass is 314 g/mol. The Bertz CT molecular complexity index is 424. The van der Waals surface area contributed by atoms with Crippen LogP contribution in [0.2, 0.25) is 5.02 Å². The Hall–Kier alpha value is -0.250. The summed E-state index contributed by atoms with van der Waals surface area (Å²) in [6, 6.07) is 6.99. The van der Waals surface area contributed by atoms with E-state index in [-0.39, 0.29) is 0 Å². The van der Waals surface area contributed by atoms with Crippen molar-refractivity contribution in [1.82, 2.24) is 4.90 Å². The lowest BCUT2D eigenvalue weighted by atomic mass is 10.1. The lowest BCUT2D eigenvalue weighted by Crippen LogP contribution is -2.50. The molecule has 2 fully saturated rings. The molecule has 92 valence electrons. The predicted molar refractivity (Wildman–Crippen MR) is 76.0 cm³/mol. The average Bonchev–Trinajstić information content (AvgIpc) is 2.79. The van der Waals surface area contributed by atoms with Crippen molar-refractivity contribution < 1.29 is 0 Å². The Morgan fingerprint density at radius 1 is 1.24 bits per heavy atom. The van der Waals surface area contributed by atoms with Crippen LogP contribution in [0.1, 0.15) is 12.8 Å². The summed E-state index contributed by atoms with van der Waals surface area (Å²) in [5, 5.41) is 0.785. The summed E-state index contributed by atoms with van der Waals surface area (Å²) in [5.74, 6) is 0. The van der Waals surface area contributed by atoms with Gasteiger partial charge in [0.15, 0.2) is 0 Å². The highest BCUT2D eigenvalue weighted by atomic mass is 79.9. The fourth-order valence-electron chi connectivity index (χ4n) is 2.91. The normalized spacial score (nSPS) is 25.1. The molecule has 2 nitrogen and oxygen atoms in total. The van der Waals surface area contributed by atoms with Crippen LogP contribution in [0.15, 0.2) is 22.7 Å². The maximum atomic E-state index is 6.04. The van der Waals surface area contributed by atoms with Crippen LogP contribution in [0.5, 0.6) is 0 Å². The first-order chi connectivity index (χ1) is 8.24. The number of anilines is 1. The Kier molecular flexibility index (Phi) is 3.33. The Balaban J connectivity index is 1.78. The smallest absolute Gasteiger partial charge is 0.0549 e. The van der Waals surface area contributed by atoms with Crippen molar-refractivity contribution >= 4 is 33.2 Å². The molecule has 0 radical (unpaired) electrons. The van der Waals surface area contributed by atoms with E-state index in [4.69, 9.17) is 11.6 Å². The number of fused-ring (bicyclic) bond motifs is 1. The SMILES string of the molecule is Clc1ccc(N2CCN3CCCC3C2)cc1Br. The molecule has 0 spiro atoms. The maximum absolute atomic E-state index is 6.04. The van der Waals surface area contributed by atoms with Gasteiger partial charge in [-0.25, -0.2) is 0 Å². The van der Waals surface area contributed by atoms with Gasteiger partial charge in [0.25, 0.3) is 0 Å². The molecule has 0 bridgehead atoms. The minimum atomic E-state index is 0.762. The number of hydrogen-bond donors (Lipinski definition) is 0. The van der Waals surface area contributed by atoms with E-state index in [0.29, 0.717) is 0 Å². The molecule has 1 atom stereocenters. The van der Waals surface area contributed by atoms with Gasteiger partial charge in [-0.2, -0.15) is 0 Å². The molecule has 0 aromatic heterocycles. The molecule has 1 aromatic rings. The number of benzene rings is 1. The molecule has 1 unspecified atom stereocenters. The minimum Gasteiger partial charge on any atom is -0.369 e. The molecule has 0 aliphatic carbocycles. The van der Waals surface area contributed by atoms with Crippen LogP contribution in [0.25, 0.3) is 0 Å². The van der Waals surface area contributed by atoms with Gasteiger partial charge >= 0.3 is 0 Å². The van der Waals surface area contributed by atoms with Gasteiger partial charge in [0, 0.05) is 35.8 Å². The summed E-state index contributed by atoms with van der Waals surface area (Å²) >= 11 is 9.54. The van der Waals surface area contributed by atoms with Crippen molar-refractivity contribution in [2.24, 2.45) is 0 Å². The molecule has 2 aliphatic heterocycles. The van der Waals surface area contributed by atoms with Gasteiger partial charge in [-0.3, -0.25) is 4.90 Å². The topological polar surface area (TPSA) is 6.48 Å². The van der Waals surface area contributed by atoms with Crippen molar-refractivity contribution in [3.63, 3.8) is 0 Å². The quantitative estimate of drug-likeness (QED) is 0.784. The lowest BCUT2D eigenvalue weighted by molar-refractivity contribution is 0.231. The van der Waals surface area contributed by atoms with Gasteiger partial charge in [-0.15, -0.1) is 0 Å². The van der Waals surface area contributed by atoms with E-state index in [0.717, 1.165) is 28.6 Å². The summed E-state index contributed by atoms with van der Waals surface area (Å²) in [4.78, 5) is 5.11. The van der Waals surface area contributed by atoms with Gasteiger partial charge in [0.1, 0.15) is 0 Å². The Labute approximate surface area is 116 Å². The second-order valence-corrected chi connectivity index (χ2v) is 6.14. The predicted octanol–water partition coefficient (Wildman–Crippen LogP) is 3.39. The number of nitrogens with zero attached hydrogens (tertiary/aromatic N) is 2. The molecule has 2 heterocycles. The largest absolute Gasteiger partial charge is 0.369 e. The van der Waals surface area contributed by atoms with Crippen molar-refractivity contribution in [1.29, 1.82) is 0 Å². The zero-order valence-corrected chi connectivity index (χ0v) is 12.0. The van der Waals surface area contributed by atoms with Crippen LogP contribution in [0.4, 0.5) is 5.69 Å². The van der Waals surface area contributed by atoms with E-state index in [1.54, 1.807) is 0 Å². The van der Waals surface area contributed by atoms with Gasteiger partial charge in [-0.05, 0) is 53.5 Å². The summed E-state index contributed by atoms with van der Waals surface area (Å²) in [6.07, 6.45) is 2.72. The van der Waals surface area contributed by atoms with Gasteiger partial charge in [-0.1, -0.05) is 11.6 Å². The van der Waals surface area contributed by atoms with Crippen LogP contribution in [0.3, 0.4) is 0 Å². The van der Waals surface area contributed by atoms with Crippen molar-refractivity contribution in [3.05, 3.63) is 27.7 Å². The number of rotatable bonds is 1. The summed E-state index contributed by atoms with van der Waals surface area (Å²) < 4.78 is 0.991. The summed E-state index contributed by atoms with van der Waals surface area (Å²) in [5.41, 5.74) is 1.29. The average molecular weight is 316 g/mol. The second-order valence-electron chi connectivity index (χ2n) is 4.88. The first-order valence-electron chi connectivity index (χ1n) is 6.18. The van der Waals surface area contributed by atoms with Gasteiger partial charge in [0.2, 0.25) is 0 Å². The molecule has 2 saturated heterocycles. The molecular weight excluding hydrogens is 300 g/mol. The first-order valence-corrected chi connectivity index (χ1v) is 7.35. The van der Waals surface area contributed by atoms with Crippen molar-refractivity contribution in [2.75, 3.05) is 31.1 Å². The molecule has 3 rings (SSSR count). The van der Waals surface area contributed by atoms with Crippen LogP contribution in [-0.4, -0.2) is 37.1 Å². The molecule has 17 heavy (non-hydrogen) atoms. The number of piperazine rings is 1. The Morgan fingerprint density at radius 2 is 2.12 bits per heavy atom. The van der Waals surface area contributed by atoms with Crippen LogP contribution < -0.4 is 4.90 Å². The van der Waals surface area contributed by atoms with E-state index in [9.17, 15) is 0 Å². The van der Waals surface area contributed by atoms with E-state index in [1.165, 1.54) is 31.6 Å². The zero-order chi connectivity index (χ0) is 11.8. The number of hydrogen-bond acceptors (Lipinski definition) is 2. The van der Waals surface area contributed by atoms with Crippen LogP contribution in [-0.2, 0) is 0 Å². The molecule has 0 amide bonds. The fourth-order valence-corrected chi connectivity index (χ4v) is 3.39. The second kappa shape index (κ2) is 4.79. The third-order valence-electron chi connectivity index (χ3n) is 3.86. The maximum Gasteiger partial charge on any atom is 0.0549 e. The summed E-state index contributed by atoms with van der Waals surface area (Å²) in [7, 11) is 0.